The summed E-state index contributed by atoms with van der Waals surface area (Å²) in [6.45, 7) is -0.337. The number of aromatic amines is 1. The zero-order valence-electron chi connectivity index (χ0n) is 17.4. The Balaban J connectivity index is 1.53. The van der Waals surface area contributed by atoms with Gasteiger partial charge in [0.25, 0.3) is 0 Å². The van der Waals surface area contributed by atoms with Crippen LogP contribution in [0.5, 0.6) is 0 Å². The molecule has 1 N–H and O–H groups in total. The zero-order chi connectivity index (χ0) is 22.9. The monoisotopic (exact) mass is 476 g/mol. The molecule has 0 radical (unpaired) electrons. The van der Waals surface area contributed by atoms with Crippen molar-refractivity contribution < 1.29 is 14.3 Å². The number of para-hydroxylation sites is 1. The predicted octanol–water partition coefficient (Wildman–Crippen LogP) is 6.40. The third kappa shape index (κ3) is 4.17. The fraction of sp³-hybridized carbons (Fsp3) is 0.115. The van der Waals surface area contributed by atoms with E-state index >= 15 is 0 Å². The van der Waals surface area contributed by atoms with Gasteiger partial charge < -0.3 is 9.72 Å². The molecular weight excluding hydrogens is 459 g/mol. The summed E-state index contributed by atoms with van der Waals surface area (Å²) in [7, 11) is 0. The summed E-state index contributed by atoms with van der Waals surface area (Å²) in [6.07, 6.45) is 5.04. The summed E-state index contributed by atoms with van der Waals surface area (Å²) < 4.78 is 5.44. The second-order valence-corrected chi connectivity index (χ2v) is 8.57. The molecule has 2 heterocycles. The molecule has 7 heteroatoms. The van der Waals surface area contributed by atoms with E-state index in [4.69, 9.17) is 32.9 Å². The normalized spacial score (nSPS) is 13.9. The summed E-state index contributed by atoms with van der Waals surface area (Å²) in [5, 5.41) is 1.68. The molecule has 0 atom stereocenters. The summed E-state index contributed by atoms with van der Waals surface area (Å²) >= 11 is 12.2. The molecule has 1 aliphatic rings. The summed E-state index contributed by atoms with van der Waals surface area (Å²) in [5.74, 6) is -0.816. The maximum absolute atomic E-state index is 13.2. The number of hydrogen-bond acceptors (Lipinski definition) is 4. The van der Waals surface area contributed by atoms with Crippen LogP contribution in [0.1, 0.15) is 44.1 Å². The number of ketones is 1. The van der Waals surface area contributed by atoms with Crippen molar-refractivity contribution in [2.24, 2.45) is 0 Å². The van der Waals surface area contributed by atoms with E-state index < -0.39 is 5.97 Å². The number of halogens is 2. The Morgan fingerprint density at radius 2 is 1.88 bits per heavy atom. The van der Waals surface area contributed by atoms with Crippen LogP contribution in [0.4, 0.5) is 0 Å². The minimum atomic E-state index is -0.527. The van der Waals surface area contributed by atoms with E-state index in [1.165, 1.54) is 0 Å². The number of pyridine rings is 1. The van der Waals surface area contributed by atoms with Gasteiger partial charge in [0.1, 0.15) is 0 Å². The maximum Gasteiger partial charge on any atom is 0.339 e. The molecule has 5 rings (SSSR count). The molecule has 0 amide bonds. The highest BCUT2D eigenvalue weighted by Crippen LogP contribution is 2.38. The highest BCUT2D eigenvalue weighted by Gasteiger charge is 2.28. The number of nitrogens with zero attached hydrogens (tertiary/aromatic N) is 1. The van der Waals surface area contributed by atoms with Crippen molar-refractivity contribution in [1.29, 1.82) is 0 Å². The van der Waals surface area contributed by atoms with Gasteiger partial charge in [-0.15, -0.1) is 0 Å². The number of ether oxygens (including phenoxy) is 1. The second-order valence-electron chi connectivity index (χ2n) is 7.76. The fourth-order valence-electron chi connectivity index (χ4n) is 4.10. The molecule has 0 bridgehead atoms. The molecule has 0 aliphatic heterocycles. The first-order valence-corrected chi connectivity index (χ1v) is 11.2. The Labute approximate surface area is 200 Å². The summed E-state index contributed by atoms with van der Waals surface area (Å²) in [4.78, 5) is 33.1. The molecule has 0 fully saturated rings. The van der Waals surface area contributed by atoms with Crippen LogP contribution in [0.3, 0.4) is 0 Å². The van der Waals surface area contributed by atoms with Crippen LogP contribution in [0, 0.1) is 0 Å². The van der Waals surface area contributed by atoms with Crippen LogP contribution in [0.15, 0.2) is 60.8 Å². The van der Waals surface area contributed by atoms with E-state index in [0.717, 1.165) is 28.8 Å². The SMILES string of the molecule is O=C(COC(=O)c1c2c(nc3ccccc13)C(=Cc1ccc(Cl)c(Cl)c1)CC2)c1ccc[nH]1. The van der Waals surface area contributed by atoms with Crippen LogP contribution in [0.25, 0.3) is 22.6 Å². The van der Waals surface area contributed by atoms with Gasteiger partial charge in [0, 0.05) is 11.6 Å². The number of carbonyl (C=O) groups is 2. The van der Waals surface area contributed by atoms with Crippen LogP contribution >= 0.6 is 23.2 Å². The lowest BCUT2D eigenvalue weighted by atomic mass is 10.0. The number of allylic oxidation sites excluding steroid dienone is 1. The van der Waals surface area contributed by atoms with Crippen molar-refractivity contribution in [3.05, 3.63) is 98.9 Å². The number of aromatic nitrogens is 2. The standard InChI is InChI=1S/C26H18Cl2N2O3/c27-19-10-7-15(13-20(19)28)12-16-8-9-18-24(17-4-1-2-5-21(17)30-25(16)18)26(32)33-14-23(31)22-6-3-11-29-22/h1-7,10-13,29H,8-9,14H2. The number of benzene rings is 2. The van der Waals surface area contributed by atoms with E-state index in [1.807, 2.05) is 36.4 Å². The Hall–Kier alpha value is -3.41. The minimum absolute atomic E-state index is 0.288. The molecule has 0 spiro atoms. The van der Waals surface area contributed by atoms with Gasteiger partial charge in [0.2, 0.25) is 5.78 Å². The molecule has 0 saturated heterocycles. The first kappa shape index (κ1) is 21.4. The number of esters is 1. The van der Waals surface area contributed by atoms with Crippen molar-refractivity contribution in [3.63, 3.8) is 0 Å². The van der Waals surface area contributed by atoms with Gasteiger partial charge in [-0.2, -0.15) is 0 Å². The number of carbonyl (C=O) groups excluding carboxylic acids is 2. The first-order chi connectivity index (χ1) is 16.0. The Morgan fingerprint density at radius 1 is 1.03 bits per heavy atom. The average Bonchev–Trinajstić information content (AvgIpc) is 3.49. The molecule has 1 aliphatic carbocycles. The van der Waals surface area contributed by atoms with Gasteiger partial charge in [-0.3, -0.25) is 4.79 Å². The smallest absolute Gasteiger partial charge is 0.339 e. The molecular formula is C26H18Cl2N2O3. The molecule has 2 aromatic heterocycles. The predicted molar refractivity (Wildman–Crippen MR) is 130 cm³/mol. The van der Waals surface area contributed by atoms with E-state index in [0.29, 0.717) is 38.6 Å². The highest BCUT2D eigenvalue weighted by molar-refractivity contribution is 6.42. The zero-order valence-corrected chi connectivity index (χ0v) is 18.9. The number of H-pyrrole nitrogens is 1. The first-order valence-electron chi connectivity index (χ1n) is 10.4. The van der Waals surface area contributed by atoms with E-state index in [-0.39, 0.29) is 12.4 Å². The lowest BCUT2D eigenvalue weighted by Crippen LogP contribution is -2.16. The lowest BCUT2D eigenvalue weighted by Gasteiger charge is -2.12. The molecule has 0 unspecified atom stereocenters. The van der Waals surface area contributed by atoms with Crippen molar-refractivity contribution in [2.45, 2.75) is 12.8 Å². The topological polar surface area (TPSA) is 72.1 Å². The molecule has 0 saturated carbocycles. The van der Waals surface area contributed by atoms with Crippen molar-refractivity contribution in [3.8, 4) is 0 Å². The quantitative estimate of drug-likeness (QED) is 0.267. The van der Waals surface area contributed by atoms with Crippen LogP contribution in [-0.2, 0) is 11.2 Å². The lowest BCUT2D eigenvalue weighted by molar-refractivity contribution is 0.0474. The summed E-state index contributed by atoms with van der Waals surface area (Å²) in [5.41, 5.74) is 5.07. The second kappa shape index (κ2) is 8.85. The van der Waals surface area contributed by atoms with Crippen molar-refractivity contribution >= 4 is 57.5 Å². The van der Waals surface area contributed by atoms with Gasteiger partial charge in [-0.05, 0) is 65.9 Å². The molecule has 164 valence electrons. The minimum Gasteiger partial charge on any atom is -0.454 e. The molecule has 33 heavy (non-hydrogen) atoms. The third-order valence-electron chi connectivity index (χ3n) is 5.66. The molecule has 2 aromatic carbocycles. The Bertz CT molecular complexity index is 1430. The van der Waals surface area contributed by atoms with E-state index in [1.54, 1.807) is 30.5 Å². The molecule has 4 aromatic rings. The van der Waals surface area contributed by atoms with Gasteiger partial charge in [0.15, 0.2) is 6.61 Å². The highest BCUT2D eigenvalue weighted by atomic mass is 35.5. The van der Waals surface area contributed by atoms with E-state index in [9.17, 15) is 9.59 Å². The van der Waals surface area contributed by atoms with Gasteiger partial charge in [0.05, 0.1) is 32.5 Å². The maximum atomic E-state index is 13.2. The summed E-state index contributed by atoms with van der Waals surface area (Å²) in [6, 6.07) is 16.3. The fourth-order valence-corrected chi connectivity index (χ4v) is 4.41. The van der Waals surface area contributed by atoms with Gasteiger partial charge in [-0.1, -0.05) is 47.5 Å². The molecule has 5 nitrogen and oxygen atoms in total. The van der Waals surface area contributed by atoms with Gasteiger partial charge in [-0.25, -0.2) is 9.78 Å². The number of rotatable bonds is 5. The third-order valence-corrected chi connectivity index (χ3v) is 6.40. The number of Topliss-reactive ketones (excluding diaryl/α,β-unsaturated/α-hetero) is 1. The van der Waals surface area contributed by atoms with Crippen LogP contribution in [0.2, 0.25) is 10.0 Å². The number of fused-ring (bicyclic) bond motifs is 2. The average molecular weight is 477 g/mol. The van der Waals surface area contributed by atoms with Crippen LogP contribution in [-0.4, -0.2) is 28.3 Å². The van der Waals surface area contributed by atoms with E-state index in [2.05, 4.69) is 4.98 Å². The number of nitrogens with one attached hydrogen (secondary N) is 1. The van der Waals surface area contributed by atoms with Crippen molar-refractivity contribution in [1.82, 2.24) is 9.97 Å². The number of hydrogen-bond donors (Lipinski definition) is 1. The largest absolute Gasteiger partial charge is 0.454 e. The Morgan fingerprint density at radius 3 is 2.67 bits per heavy atom. The van der Waals surface area contributed by atoms with Crippen LogP contribution < -0.4 is 0 Å². The van der Waals surface area contributed by atoms with Gasteiger partial charge >= 0.3 is 5.97 Å². The Kier molecular flexibility index (Phi) is 5.75. The van der Waals surface area contributed by atoms with Crippen molar-refractivity contribution in [2.75, 3.05) is 6.61 Å².